The van der Waals surface area contributed by atoms with E-state index in [1.165, 1.54) is 24.5 Å². The Balaban J connectivity index is 1.53. The summed E-state index contributed by atoms with van der Waals surface area (Å²) in [4.78, 5) is 29.7. The molecule has 0 saturated carbocycles. The van der Waals surface area contributed by atoms with Crippen molar-refractivity contribution in [3.05, 3.63) is 124 Å². The Hall–Kier alpha value is -4.36. The highest BCUT2D eigenvalue weighted by Crippen LogP contribution is 2.22. The Kier molecular flexibility index (Phi) is 7.05. The van der Waals surface area contributed by atoms with Gasteiger partial charge in [-0.05, 0) is 48.0 Å². The third-order valence-corrected chi connectivity index (χ3v) is 5.10. The van der Waals surface area contributed by atoms with Crippen LogP contribution in [0.25, 0.3) is 0 Å². The first-order valence-corrected chi connectivity index (χ1v) is 10.6. The first-order chi connectivity index (χ1) is 16.5. The van der Waals surface area contributed by atoms with Gasteiger partial charge in [-0.15, -0.1) is 0 Å². The molecule has 1 amide bonds. The number of halogens is 1. The van der Waals surface area contributed by atoms with Gasteiger partial charge in [0.1, 0.15) is 6.61 Å². The number of oxime groups is 1. The molecule has 1 heterocycles. The van der Waals surface area contributed by atoms with E-state index < -0.39 is 11.9 Å². The minimum Gasteiger partial charge on any atom is -0.478 e. The van der Waals surface area contributed by atoms with Crippen LogP contribution in [0.4, 0.5) is 5.69 Å². The molecular formula is C26H19ClN2O5. The van der Waals surface area contributed by atoms with Gasteiger partial charge < -0.3 is 19.7 Å². The lowest BCUT2D eigenvalue weighted by atomic mass is 10.1. The Morgan fingerprint density at radius 1 is 0.941 bits per heavy atom. The third-order valence-electron chi connectivity index (χ3n) is 4.87. The predicted octanol–water partition coefficient (Wildman–Crippen LogP) is 5.85. The SMILES string of the molecule is O=C(Nc1ccc(Cl)cc1C(=O)O)c1ccc(/C(=N\OCc2ccccc2)c2ccco2)cc1. The average Bonchev–Trinajstić information content (AvgIpc) is 3.38. The van der Waals surface area contributed by atoms with Crippen LogP contribution in [0.1, 0.15) is 37.6 Å². The summed E-state index contributed by atoms with van der Waals surface area (Å²) in [5, 5.41) is 16.5. The molecule has 170 valence electrons. The molecule has 0 radical (unpaired) electrons. The van der Waals surface area contributed by atoms with E-state index in [9.17, 15) is 14.7 Å². The fraction of sp³-hybridized carbons (Fsp3) is 0.0385. The molecule has 0 aliphatic heterocycles. The molecule has 0 aliphatic carbocycles. The summed E-state index contributed by atoms with van der Waals surface area (Å²) in [5.74, 6) is -1.14. The van der Waals surface area contributed by atoms with Crippen LogP contribution in [0.5, 0.6) is 0 Å². The number of rotatable bonds is 8. The topological polar surface area (TPSA) is 101 Å². The summed E-state index contributed by atoms with van der Waals surface area (Å²) >= 11 is 5.87. The molecular weight excluding hydrogens is 456 g/mol. The standard InChI is InChI=1S/C26H19ClN2O5/c27-20-12-13-22(21(15-20)26(31)32)28-25(30)19-10-8-18(9-11-19)24(23-7-4-14-33-23)29-34-16-17-5-2-1-3-6-17/h1-15H,16H2,(H,28,30)(H,31,32)/b29-24+. The molecule has 4 aromatic rings. The number of furan rings is 1. The molecule has 3 aromatic carbocycles. The van der Waals surface area contributed by atoms with E-state index in [1.807, 2.05) is 30.3 Å². The molecule has 0 bridgehead atoms. The second-order valence-corrected chi connectivity index (χ2v) is 7.64. The fourth-order valence-corrected chi connectivity index (χ4v) is 3.35. The van der Waals surface area contributed by atoms with Gasteiger partial charge in [0.05, 0.1) is 17.5 Å². The van der Waals surface area contributed by atoms with Gasteiger partial charge in [0.25, 0.3) is 5.91 Å². The smallest absolute Gasteiger partial charge is 0.337 e. The van der Waals surface area contributed by atoms with Crippen molar-refractivity contribution in [3.8, 4) is 0 Å². The lowest BCUT2D eigenvalue weighted by molar-refractivity contribution is 0.0698. The molecule has 0 atom stereocenters. The quantitative estimate of drug-likeness (QED) is 0.246. The molecule has 7 nitrogen and oxygen atoms in total. The highest BCUT2D eigenvalue weighted by Gasteiger charge is 2.16. The van der Waals surface area contributed by atoms with Crippen LogP contribution in [0.3, 0.4) is 0 Å². The Bertz CT molecular complexity index is 1320. The number of benzene rings is 3. The number of hydrogen-bond acceptors (Lipinski definition) is 5. The maximum Gasteiger partial charge on any atom is 0.337 e. The van der Waals surface area contributed by atoms with Crippen LogP contribution in [-0.2, 0) is 11.4 Å². The van der Waals surface area contributed by atoms with E-state index in [-0.39, 0.29) is 16.3 Å². The molecule has 1 aromatic heterocycles. The molecule has 0 aliphatic rings. The number of nitrogens with zero attached hydrogens (tertiary/aromatic N) is 1. The van der Waals surface area contributed by atoms with Gasteiger partial charge in [0, 0.05) is 16.1 Å². The largest absolute Gasteiger partial charge is 0.478 e. The lowest BCUT2D eigenvalue weighted by Gasteiger charge is -2.10. The number of amides is 1. The van der Waals surface area contributed by atoms with E-state index in [1.54, 1.807) is 36.4 Å². The van der Waals surface area contributed by atoms with Crippen molar-refractivity contribution >= 4 is 34.9 Å². The monoisotopic (exact) mass is 474 g/mol. The number of anilines is 1. The van der Waals surface area contributed by atoms with Gasteiger partial charge in [0.2, 0.25) is 0 Å². The Labute approximate surface area is 200 Å². The summed E-state index contributed by atoms with van der Waals surface area (Å²) in [7, 11) is 0. The van der Waals surface area contributed by atoms with Crippen molar-refractivity contribution in [3.63, 3.8) is 0 Å². The molecule has 4 rings (SSSR count). The highest BCUT2D eigenvalue weighted by molar-refractivity contribution is 6.31. The van der Waals surface area contributed by atoms with Crippen molar-refractivity contribution in [2.75, 3.05) is 5.32 Å². The maximum absolute atomic E-state index is 12.7. The fourth-order valence-electron chi connectivity index (χ4n) is 3.18. The van der Waals surface area contributed by atoms with Crippen LogP contribution >= 0.6 is 11.6 Å². The number of hydrogen-bond donors (Lipinski definition) is 2. The van der Waals surface area contributed by atoms with Crippen LogP contribution in [0.15, 0.2) is 101 Å². The third kappa shape index (κ3) is 5.51. The summed E-state index contributed by atoms with van der Waals surface area (Å²) in [6.45, 7) is 0.290. The van der Waals surface area contributed by atoms with E-state index >= 15 is 0 Å². The number of carboxylic acids is 1. The van der Waals surface area contributed by atoms with Crippen LogP contribution in [0.2, 0.25) is 5.02 Å². The normalized spacial score (nSPS) is 11.1. The van der Waals surface area contributed by atoms with E-state index in [0.29, 0.717) is 29.2 Å². The van der Waals surface area contributed by atoms with Gasteiger partial charge in [0.15, 0.2) is 11.5 Å². The minimum absolute atomic E-state index is 0.0970. The zero-order chi connectivity index (χ0) is 23.9. The number of carbonyl (C=O) groups is 2. The molecule has 8 heteroatoms. The maximum atomic E-state index is 12.7. The van der Waals surface area contributed by atoms with Crippen LogP contribution < -0.4 is 5.32 Å². The van der Waals surface area contributed by atoms with E-state index in [2.05, 4.69) is 10.5 Å². The average molecular weight is 475 g/mol. The van der Waals surface area contributed by atoms with Gasteiger partial charge in [-0.25, -0.2) is 4.79 Å². The van der Waals surface area contributed by atoms with E-state index in [4.69, 9.17) is 20.9 Å². The van der Waals surface area contributed by atoms with Crippen LogP contribution in [0, 0.1) is 0 Å². The summed E-state index contributed by atoms with van der Waals surface area (Å²) in [6, 6.07) is 24.0. The summed E-state index contributed by atoms with van der Waals surface area (Å²) < 4.78 is 5.50. The second-order valence-electron chi connectivity index (χ2n) is 7.20. The number of carboxylic acid groups (broad SMARTS) is 1. The van der Waals surface area contributed by atoms with Crippen LogP contribution in [-0.4, -0.2) is 22.7 Å². The second kappa shape index (κ2) is 10.5. The minimum atomic E-state index is -1.19. The van der Waals surface area contributed by atoms with Crippen molar-refractivity contribution in [1.82, 2.24) is 0 Å². The van der Waals surface area contributed by atoms with Gasteiger partial charge in [-0.3, -0.25) is 4.79 Å². The molecule has 0 fully saturated rings. The van der Waals surface area contributed by atoms with Gasteiger partial charge in [-0.2, -0.15) is 0 Å². The molecule has 2 N–H and O–H groups in total. The summed E-state index contributed by atoms with van der Waals surface area (Å²) in [5.41, 5.74) is 2.51. The highest BCUT2D eigenvalue weighted by atomic mass is 35.5. The first-order valence-electron chi connectivity index (χ1n) is 10.2. The van der Waals surface area contributed by atoms with E-state index in [0.717, 1.165) is 5.56 Å². The van der Waals surface area contributed by atoms with Gasteiger partial charge in [-0.1, -0.05) is 59.2 Å². The number of carbonyl (C=O) groups excluding carboxylic acids is 1. The van der Waals surface area contributed by atoms with Crippen molar-refractivity contribution in [1.29, 1.82) is 0 Å². The first kappa shape index (κ1) is 22.8. The predicted molar refractivity (Wildman–Crippen MR) is 128 cm³/mol. The Morgan fingerprint density at radius 2 is 1.68 bits per heavy atom. The van der Waals surface area contributed by atoms with Gasteiger partial charge >= 0.3 is 5.97 Å². The molecule has 0 unspecified atom stereocenters. The zero-order valence-corrected chi connectivity index (χ0v) is 18.5. The number of nitrogens with one attached hydrogen (secondary N) is 1. The van der Waals surface area contributed by atoms with Crippen molar-refractivity contribution in [2.24, 2.45) is 5.16 Å². The summed E-state index contributed by atoms with van der Waals surface area (Å²) in [6.07, 6.45) is 1.54. The molecule has 34 heavy (non-hydrogen) atoms. The lowest BCUT2D eigenvalue weighted by Crippen LogP contribution is -2.15. The number of aromatic carboxylic acids is 1. The molecule has 0 spiro atoms. The Morgan fingerprint density at radius 3 is 2.35 bits per heavy atom. The molecule has 0 saturated heterocycles. The van der Waals surface area contributed by atoms with Crippen molar-refractivity contribution in [2.45, 2.75) is 6.61 Å². The van der Waals surface area contributed by atoms with Crippen molar-refractivity contribution < 1.29 is 24.0 Å². The zero-order valence-electron chi connectivity index (χ0n) is 17.8.